The van der Waals surface area contributed by atoms with Crippen LogP contribution in [-0.4, -0.2) is 19.1 Å². The fourth-order valence-electron chi connectivity index (χ4n) is 0.797. The third kappa shape index (κ3) is 8.25. The van der Waals surface area contributed by atoms with E-state index in [9.17, 15) is 0 Å². The Hall–Kier alpha value is 0.250. The highest BCUT2D eigenvalue weighted by Gasteiger charge is 1.87. The van der Waals surface area contributed by atoms with Crippen LogP contribution >= 0.6 is 11.6 Å². The Labute approximate surface area is 68.7 Å². The third-order valence-electron chi connectivity index (χ3n) is 1.38. The first-order valence-corrected chi connectivity index (χ1v) is 4.59. The lowest BCUT2D eigenvalue weighted by Crippen LogP contribution is -1.92. The van der Waals surface area contributed by atoms with Crippen molar-refractivity contribution in [1.82, 2.24) is 0 Å². The maximum atomic E-state index is 5.51. The van der Waals surface area contributed by atoms with E-state index in [4.69, 9.17) is 16.3 Å². The first-order valence-electron chi connectivity index (χ1n) is 4.05. The van der Waals surface area contributed by atoms with Crippen molar-refractivity contribution in [2.45, 2.75) is 32.6 Å². The van der Waals surface area contributed by atoms with Gasteiger partial charge < -0.3 is 4.74 Å². The smallest absolute Gasteiger partial charge is 0.0465 e. The predicted octanol–water partition coefficient (Wildman–Crippen LogP) is 2.82. The summed E-state index contributed by atoms with van der Waals surface area (Å²) in [4.78, 5) is 0. The first-order chi connectivity index (χ1) is 4.91. The van der Waals surface area contributed by atoms with Crippen molar-refractivity contribution in [3.05, 3.63) is 0 Å². The summed E-state index contributed by atoms with van der Waals surface area (Å²) >= 11 is 5.51. The van der Waals surface area contributed by atoms with Crippen LogP contribution in [0.15, 0.2) is 0 Å². The molecule has 0 heterocycles. The van der Waals surface area contributed by atoms with Gasteiger partial charge in [0.05, 0.1) is 0 Å². The number of unbranched alkanes of at least 4 members (excludes halogenated alkanes) is 3. The molecule has 0 aliphatic carbocycles. The third-order valence-corrected chi connectivity index (χ3v) is 1.64. The Kier molecular flexibility index (Phi) is 9.48. The lowest BCUT2D eigenvalue weighted by Gasteiger charge is -1.99. The van der Waals surface area contributed by atoms with E-state index in [1.165, 1.54) is 19.3 Å². The van der Waals surface area contributed by atoms with Crippen molar-refractivity contribution < 1.29 is 4.74 Å². The zero-order chi connectivity index (χ0) is 7.66. The minimum Gasteiger partial charge on any atom is -0.382 e. The quantitative estimate of drug-likeness (QED) is 0.416. The van der Waals surface area contributed by atoms with E-state index in [0.29, 0.717) is 0 Å². The second-order valence-corrected chi connectivity index (χ2v) is 2.68. The highest BCUT2D eigenvalue weighted by atomic mass is 35.5. The predicted molar refractivity (Wildman–Crippen MR) is 45.7 cm³/mol. The molecule has 0 fully saturated rings. The van der Waals surface area contributed by atoms with Gasteiger partial charge in [-0.05, 0) is 19.8 Å². The van der Waals surface area contributed by atoms with Gasteiger partial charge in [-0.2, -0.15) is 0 Å². The average Bonchev–Trinajstić information content (AvgIpc) is 1.97. The monoisotopic (exact) mass is 164 g/mol. The Bertz CT molecular complexity index is 49.2. The van der Waals surface area contributed by atoms with Gasteiger partial charge in [0.2, 0.25) is 0 Å². The number of alkyl halides is 1. The molecule has 0 aliphatic rings. The standard InChI is InChI=1S/C8H17ClO/c1-2-10-8-6-4-3-5-7-9/h2-8H2,1H3. The van der Waals surface area contributed by atoms with Gasteiger partial charge in [0.15, 0.2) is 0 Å². The van der Waals surface area contributed by atoms with E-state index in [0.717, 1.165) is 25.5 Å². The summed E-state index contributed by atoms with van der Waals surface area (Å²) < 4.78 is 5.18. The lowest BCUT2D eigenvalue weighted by molar-refractivity contribution is 0.143. The summed E-state index contributed by atoms with van der Waals surface area (Å²) in [5, 5.41) is 0. The molecule has 0 unspecified atom stereocenters. The Morgan fingerprint density at radius 2 is 1.80 bits per heavy atom. The highest BCUT2D eigenvalue weighted by molar-refractivity contribution is 6.17. The van der Waals surface area contributed by atoms with Crippen LogP contribution in [0.5, 0.6) is 0 Å². The SMILES string of the molecule is CCOCCCCCCCl. The maximum Gasteiger partial charge on any atom is 0.0465 e. The molecule has 0 aliphatic heterocycles. The lowest BCUT2D eigenvalue weighted by atomic mass is 10.2. The molecule has 0 N–H and O–H groups in total. The number of hydrogen-bond donors (Lipinski definition) is 0. The molecule has 0 bridgehead atoms. The molecule has 0 amide bonds. The van der Waals surface area contributed by atoms with Crippen LogP contribution in [0, 0.1) is 0 Å². The molecule has 0 spiro atoms. The van der Waals surface area contributed by atoms with Crippen LogP contribution in [0.2, 0.25) is 0 Å². The second kappa shape index (κ2) is 9.25. The molecule has 0 rings (SSSR count). The summed E-state index contributed by atoms with van der Waals surface area (Å²) in [6.45, 7) is 3.78. The minimum absolute atomic E-state index is 0.800. The molecule has 62 valence electrons. The first kappa shape index (κ1) is 10.2. The van der Waals surface area contributed by atoms with Gasteiger partial charge in [-0.3, -0.25) is 0 Å². The van der Waals surface area contributed by atoms with Crippen LogP contribution in [-0.2, 0) is 4.74 Å². The van der Waals surface area contributed by atoms with Crippen LogP contribution in [0.4, 0.5) is 0 Å². The van der Waals surface area contributed by atoms with Gasteiger partial charge in [-0.25, -0.2) is 0 Å². The summed E-state index contributed by atoms with van der Waals surface area (Å²) in [6, 6.07) is 0. The van der Waals surface area contributed by atoms with E-state index in [2.05, 4.69) is 0 Å². The molecule has 0 saturated carbocycles. The molecule has 0 aromatic heterocycles. The second-order valence-electron chi connectivity index (χ2n) is 2.30. The molecular weight excluding hydrogens is 148 g/mol. The molecule has 2 heteroatoms. The number of halogens is 1. The van der Waals surface area contributed by atoms with E-state index < -0.39 is 0 Å². The number of hydrogen-bond acceptors (Lipinski definition) is 1. The Morgan fingerprint density at radius 1 is 1.10 bits per heavy atom. The average molecular weight is 165 g/mol. The van der Waals surface area contributed by atoms with Gasteiger partial charge in [0, 0.05) is 19.1 Å². The summed E-state index contributed by atoms with van der Waals surface area (Å²) in [5.41, 5.74) is 0. The number of rotatable bonds is 7. The zero-order valence-corrected chi connectivity index (χ0v) is 7.49. The Morgan fingerprint density at radius 3 is 2.40 bits per heavy atom. The Balaban J connectivity index is 2.65. The van der Waals surface area contributed by atoms with Crippen molar-refractivity contribution >= 4 is 11.6 Å². The minimum atomic E-state index is 0.800. The van der Waals surface area contributed by atoms with Gasteiger partial charge in [0.1, 0.15) is 0 Å². The van der Waals surface area contributed by atoms with Crippen LogP contribution in [0.3, 0.4) is 0 Å². The summed E-state index contributed by atoms with van der Waals surface area (Å²) in [6.07, 6.45) is 4.84. The van der Waals surface area contributed by atoms with Gasteiger partial charge in [-0.1, -0.05) is 12.8 Å². The van der Waals surface area contributed by atoms with Crippen molar-refractivity contribution in [3.63, 3.8) is 0 Å². The fourth-order valence-corrected chi connectivity index (χ4v) is 0.985. The fraction of sp³-hybridized carbons (Fsp3) is 1.00. The largest absolute Gasteiger partial charge is 0.382 e. The number of ether oxygens (including phenoxy) is 1. The molecule has 0 radical (unpaired) electrons. The van der Waals surface area contributed by atoms with Crippen LogP contribution < -0.4 is 0 Å². The van der Waals surface area contributed by atoms with E-state index in [1.54, 1.807) is 0 Å². The van der Waals surface area contributed by atoms with Crippen molar-refractivity contribution in [2.24, 2.45) is 0 Å². The van der Waals surface area contributed by atoms with Crippen molar-refractivity contribution in [1.29, 1.82) is 0 Å². The molecular formula is C8H17ClO. The van der Waals surface area contributed by atoms with Gasteiger partial charge in [0.25, 0.3) is 0 Å². The normalized spacial score (nSPS) is 10.2. The molecule has 1 nitrogen and oxygen atoms in total. The zero-order valence-electron chi connectivity index (χ0n) is 6.74. The van der Waals surface area contributed by atoms with Crippen LogP contribution in [0.25, 0.3) is 0 Å². The summed E-state index contributed by atoms with van der Waals surface area (Å²) in [7, 11) is 0. The van der Waals surface area contributed by atoms with Gasteiger partial charge >= 0.3 is 0 Å². The van der Waals surface area contributed by atoms with Crippen molar-refractivity contribution in [2.75, 3.05) is 19.1 Å². The maximum absolute atomic E-state index is 5.51. The molecule has 0 aromatic carbocycles. The topological polar surface area (TPSA) is 9.23 Å². The van der Waals surface area contributed by atoms with E-state index in [1.807, 2.05) is 6.92 Å². The van der Waals surface area contributed by atoms with Crippen LogP contribution in [0.1, 0.15) is 32.6 Å². The molecule has 0 saturated heterocycles. The van der Waals surface area contributed by atoms with E-state index >= 15 is 0 Å². The van der Waals surface area contributed by atoms with E-state index in [-0.39, 0.29) is 0 Å². The molecule has 0 atom stereocenters. The highest BCUT2D eigenvalue weighted by Crippen LogP contribution is 2.00. The molecule has 0 aromatic rings. The van der Waals surface area contributed by atoms with Crippen molar-refractivity contribution in [3.8, 4) is 0 Å². The summed E-state index contributed by atoms with van der Waals surface area (Å²) in [5.74, 6) is 0.800. The molecule has 10 heavy (non-hydrogen) atoms. The van der Waals surface area contributed by atoms with Gasteiger partial charge in [-0.15, -0.1) is 11.6 Å².